The number of anilines is 1. The van der Waals surface area contributed by atoms with Crippen LogP contribution >= 0.6 is 0 Å². The van der Waals surface area contributed by atoms with Gasteiger partial charge in [-0.3, -0.25) is 4.98 Å². The molecule has 0 spiro atoms. The van der Waals surface area contributed by atoms with Crippen molar-refractivity contribution in [3.63, 3.8) is 0 Å². The zero-order valence-corrected chi connectivity index (χ0v) is 14.1. The van der Waals surface area contributed by atoms with E-state index in [1.807, 2.05) is 35.2 Å². The molecule has 5 heteroatoms. The lowest BCUT2D eigenvalue weighted by Crippen LogP contribution is -2.09. The number of fused-ring (bicyclic) bond motifs is 1. The highest BCUT2D eigenvalue weighted by Gasteiger charge is 2.10. The zero-order chi connectivity index (χ0) is 17.1. The van der Waals surface area contributed by atoms with E-state index < -0.39 is 0 Å². The first-order valence-electron chi connectivity index (χ1n) is 8.34. The van der Waals surface area contributed by atoms with Gasteiger partial charge in [-0.1, -0.05) is 35.9 Å². The maximum Gasteiger partial charge on any atom is 0.165 e. The normalized spacial score (nSPS) is 10.9. The lowest BCUT2D eigenvalue weighted by Gasteiger charge is -2.08. The van der Waals surface area contributed by atoms with Gasteiger partial charge in [-0.25, -0.2) is 4.98 Å². The molecule has 0 saturated carbocycles. The minimum absolute atomic E-state index is 0.810. The molecule has 4 rings (SSSR count). The van der Waals surface area contributed by atoms with Crippen LogP contribution in [0.4, 0.5) is 5.82 Å². The van der Waals surface area contributed by atoms with Crippen LogP contribution in [0.15, 0.2) is 67.3 Å². The number of nitrogens with zero attached hydrogens (tertiary/aromatic N) is 4. The first-order chi connectivity index (χ1) is 12.3. The van der Waals surface area contributed by atoms with Gasteiger partial charge in [0.25, 0.3) is 0 Å². The second-order valence-electron chi connectivity index (χ2n) is 6.03. The molecule has 3 aromatic heterocycles. The Bertz CT molecular complexity index is 974. The van der Waals surface area contributed by atoms with E-state index in [1.54, 1.807) is 6.20 Å². The minimum Gasteiger partial charge on any atom is -0.370 e. The molecule has 0 aliphatic carbocycles. The van der Waals surface area contributed by atoms with Crippen molar-refractivity contribution >= 4 is 11.5 Å². The highest BCUT2D eigenvalue weighted by Crippen LogP contribution is 2.25. The first kappa shape index (κ1) is 15.3. The predicted molar refractivity (Wildman–Crippen MR) is 99.6 cm³/mol. The summed E-state index contributed by atoms with van der Waals surface area (Å²) in [5.74, 6) is 0.937. The Morgan fingerprint density at radius 2 is 1.88 bits per heavy atom. The van der Waals surface area contributed by atoms with Gasteiger partial charge >= 0.3 is 0 Å². The van der Waals surface area contributed by atoms with Gasteiger partial charge in [0, 0.05) is 30.7 Å². The van der Waals surface area contributed by atoms with Crippen LogP contribution in [0.25, 0.3) is 16.8 Å². The van der Waals surface area contributed by atoms with Crippen molar-refractivity contribution in [3.05, 3.63) is 78.4 Å². The third-order valence-electron chi connectivity index (χ3n) is 4.21. The average molecular weight is 329 g/mol. The molecular weight excluding hydrogens is 310 g/mol. The van der Waals surface area contributed by atoms with E-state index in [0.717, 1.165) is 35.6 Å². The lowest BCUT2D eigenvalue weighted by molar-refractivity contribution is 0.911. The van der Waals surface area contributed by atoms with Gasteiger partial charge in [0.15, 0.2) is 5.65 Å². The van der Waals surface area contributed by atoms with E-state index in [-0.39, 0.29) is 0 Å². The van der Waals surface area contributed by atoms with Gasteiger partial charge in [-0.2, -0.15) is 9.61 Å². The summed E-state index contributed by atoms with van der Waals surface area (Å²) >= 11 is 0. The summed E-state index contributed by atoms with van der Waals surface area (Å²) in [5, 5.41) is 7.97. The maximum absolute atomic E-state index is 4.52. The summed E-state index contributed by atoms with van der Waals surface area (Å²) in [6, 6.07) is 14.4. The molecule has 0 unspecified atom stereocenters. The molecule has 4 aromatic rings. The van der Waals surface area contributed by atoms with E-state index >= 15 is 0 Å². The molecule has 124 valence electrons. The molecule has 5 nitrogen and oxygen atoms in total. The number of hydrogen-bond acceptors (Lipinski definition) is 4. The fourth-order valence-corrected chi connectivity index (χ4v) is 2.84. The van der Waals surface area contributed by atoms with Crippen LogP contribution in [-0.2, 0) is 6.42 Å². The summed E-state index contributed by atoms with van der Waals surface area (Å²) in [4.78, 5) is 8.67. The molecule has 3 heterocycles. The van der Waals surface area contributed by atoms with E-state index in [1.165, 1.54) is 11.1 Å². The molecule has 0 fully saturated rings. The van der Waals surface area contributed by atoms with Crippen molar-refractivity contribution in [2.75, 3.05) is 11.9 Å². The Kier molecular flexibility index (Phi) is 4.12. The second-order valence-corrected chi connectivity index (χ2v) is 6.03. The van der Waals surface area contributed by atoms with Gasteiger partial charge in [0.2, 0.25) is 0 Å². The molecule has 0 radical (unpaired) electrons. The van der Waals surface area contributed by atoms with Crippen LogP contribution in [0, 0.1) is 6.92 Å². The third kappa shape index (κ3) is 3.21. The zero-order valence-electron chi connectivity index (χ0n) is 14.1. The van der Waals surface area contributed by atoms with Crippen molar-refractivity contribution in [1.82, 2.24) is 19.6 Å². The van der Waals surface area contributed by atoms with Gasteiger partial charge in [-0.15, -0.1) is 0 Å². The van der Waals surface area contributed by atoms with E-state index in [2.05, 4.69) is 57.6 Å². The number of hydrogen-bond donors (Lipinski definition) is 1. The fourth-order valence-electron chi connectivity index (χ4n) is 2.84. The maximum atomic E-state index is 4.52. The number of nitrogens with one attached hydrogen (secondary N) is 1. The summed E-state index contributed by atoms with van der Waals surface area (Å²) < 4.78 is 1.86. The summed E-state index contributed by atoms with van der Waals surface area (Å²) in [6.07, 6.45) is 8.29. The average Bonchev–Trinajstić information content (AvgIpc) is 3.08. The standard InChI is InChI=1S/C20H19N5/c1-15-4-6-17(7-5-15)18-14-24-25-19(9-12-23-20(18)25)22-11-8-16-3-2-10-21-13-16/h2-7,9-10,12-14,22H,8,11H2,1H3. The largest absolute Gasteiger partial charge is 0.370 e. The van der Waals surface area contributed by atoms with Crippen LogP contribution in [0.1, 0.15) is 11.1 Å². The molecule has 0 amide bonds. The van der Waals surface area contributed by atoms with Crippen LogP contribution in [0.5, 0.6) is 0 Å². The molecule has 25 heavy (non-hydrogen) atoms. The number of benzene rings is 1. The SMILES string of the molecule is Cc1ccc(-c2cnn3c(NCCc4cccnc4)ccnc23)cc1. The van der Waals surface area contributed by atoms with Crippen LogP contribution < -0.4 is 5.32 Å². The van der Waals surface area contributed by atoms with Crippen molar-refractivity contribution in [2.24, 2.45) is 0 Å². The lowest BCUT2D eigenvalue weighted by atomic mass is 10.1. The molecule has 0 saturated heterocycles. The minimum atomic E-state index is 0.810. The summed E-state index contributed by atoms with van der Waals surface area (Å²) in [7, 11) is 0. The smallest absolute Gasteiger partial charge is 0.165 e. The quantitative estimate of drug-likeness (QED) is 0.606. The Hall–Kier alpha value is -3.21. The summed E-state index contributed by atoms with van der Waals surface area (Å²) in [6.45, 7) is 2.90. The molecule has 1 N–H and O–H groups in total. The van der Waals surface area contributed by atoms with E-state index in [9.17, 15) is 0 Å². The topological polar surface area (TPSA) is 55.1 Å². The van der Waals surface area contributed by atoms with Crippen LogP contribution in [0.2, 0.25) is 0 Å². The predicted octanol–water partition coefficient (Wildman–Crippen LogP) is 3.75. The Labute approximate surface area is 146 Å². The van der Waals surface area contributed by atoms with Crippen molar-refractivity contribution in [2.45, 2.75) is 13.3 Å². The van der Waals surface area contributed by atoms with Crippen molar-refractivity contribution in [1.29, 1.82) is 0 Å². The first-order valence-corrected chi connectivity index (χ1v) is 8.34. The third-order valence-corrected chi connectivity index (χ3v) is 4.21. The van der Waals surface area contributed by atoms with Gasteiger partial charge < -0.3 is 5.32 Å². The van der Waals surface area contributed by atoms with Gasteiger partial charge in [0.1, 0.15) is 5.82 Å². The molecule has 0 bridgehead atoms. The molecule has 0 aliphatic heterocycles. The summed E-state index contributed by atoms with van der Waals surface area (Å²) in [5.41, 5.74) is 5.47. The number of rotatable bonds is 5. The fraction of sp³-hybridized carbons (Fsp3) is 0.150. The number of pyridine rings is 1. The molecule has 1 aromatic carbocycles. The monoisotopic (exact) mass is 329 g/mol. The Morgan fingerprint density at radius 1 is 1.00 bits per heavy atom. The molecular formula is C20H19N5. The highest BCUT2D eigenvalue weighted by molar-refractivity contribution is 5.78. The number of aryl methyl sites for hydroxylation is 1. The van der Waals surface area contributed by atoms with Crippen molar-refractivity contribution in [3.8, 4) is 11.1 Å². The van der Waals surface area contributed by atoms with Gasteiger partial charge in [-0.05, 0) is 36.6 Å². The van der Waals surface area contributed by atoms with E-state index in [4.69, 9.17) is 0 Å². The molecule has 0 aliphatic rings. The molecule has 0 atom stereocenters. The Morgan fingerprint density at radius 3 is 2.68 bits per heavy atom. The second kappa shape index (κ2) is 6.73. The van der Waals surface area contributed by atoms with Crippen LogP contribution in [0.3, 0.4) is 0 Å². The highest BCUT2D eigenvalue weighted by atomic mass is 15.3. The van der Waals surface area contributed by atoms with Crippen LogP contribution in [-0.4, -0.2) is 26.1 Å². The van der Waals surface area contributed by atoms with Gasteiger partial charge in [0.05, 0.1) is 6.20 Å². The number of aromatic nitrogens is 4. The Balaban J connectivity index is 1.57. The van der Waals surface area contributed by atoms with E-state index in [0.29, 0.717) is 0 Å². The van der Waals surface area contributed by atoms with Crippen molar-refractivity contribution < 1.29 is 0 Å².